The van der Waals surface area contributed by atoms with Gasteiger partial charge in [0.15, 0.2) is 0 Å². The number of hydrogen-bond donors (Lipinski definition) is 0. The number of ether oxygens (including phenoxy) is 1. The van der Waals surface area contributed by atoms with Gasteiger partial charge in [-0.25, -0.2) is 5.01 Å². The molecule has 2 heterocycles. The van der Waals surface area contributed by atoms with Crippen LogP contribution in [-0.4, -0.2) is 22.7 Å². The van der Waals surface area contributed by atoms with Gasteiger partial charge in [0.1, 0.15) is 5.75 Å². The van der Waals surface area contributed by atoms with E-state index in [9.17, 15) is 4.79 Å². The lowest BCUT2D eigenvalue weighted by atomic mass is 9.95. The number of fused-ring (bicyclic) bond motifs is 3. The van der Waals surface area contributed by atoms with Gasteiger partial charge < -0.3 is 4.74 Å². The van der Waals surface area contributed by atoms with Gasteiger partial charge in [0.05, 0.1) is 16.8 Å². The van der Waals surface area contributed by atoms with Crippen LogP contribution in [0, 0.1) is 13.8 Å². The van der Waals surface area contributed by atoms with E-state index in [1.165, 1.54) is 5.56 Å². The summed E-state index contributed by atoms with van der Waals surface area (Å²) in [6.07, 6.45) is -0.268. The fraction of sp³-hybridized carbons (Fsp3) is 0.200. The molecule has 0 saturated carbocycles. The second-order valence-corrected chi connectivity index (χ2v) is 8.86. The molecular formula is C25H20Cl2N2O2. The second kappa shape index (κ2) is 7.70. The maximum atomic E-state index is 13.4. The molecule has 2 aliphatic heterocycles. The lowest BCUT2D eigenvalue weighted by Gasteiger charge is -2.37. The number of hydrogen-bond acceptors (Lipinski definition) is 4. The Hall–Kier alpha value is -2.82. The van der Waals surface area contributed by atoms with Crippen LogP contribution in [0.25, 0.3) is 0 Å². The van der Waals surface area contributed by atoms with Gasteiger partial charge in [0.25, 0.3) is 6.23 Å². The minimum absolute atomic E-state index is 0.157. The highest BCUT2D eigenvalue weighted by atomic mass is 35.5. The van der Waals surface area contributed by atoms with E-state index in [2.05, 4.69) is 24.3 Å². The summed E-state index contributed by atoms with van der Waals surface area (Å²) in [4.78, 5) is 13.4. The van der Waals surface area contributed by atoms with Crippen molar-refractivity contribution in [2.24, 2.45) is 5.10 Å². The first kappa shape index (κ1) is 20.1. The van der Waals surface area contributed by atoms with Gasteiger partial charge >= 0.3 is 0 Å². The zero-order chi connectivity index (χ0) is 21.7. The van der Waals surface area contributed by atoms with Crippen molar-refractivity contribution < 1.29 is 9.53 Å². The Morgan fingerprint density at radius 1 is 1.00 bits per heavy atom. The highest BCUT2D eigenvalue weighted by Gasteiger charge is 2.44. The number of nitrogens with zero attached hydrogens (tertiary/aromatic N) is 2. The van der Waals surface area contributed by atoms with Gasteiger partial charge in [-0.05, 0) is 31.5 Å². The van der Waals surface area contributed by atoms with Gasteiger partial charge in [-0.2, -0.15) is 5.10 Å². The summed E-state index contributed by atoms with van der Waals surface area (Å²) in [5, 5.41) is 7.51. The van der Waals surface area contributed by atoms with E-state index in [1.54, 1.807) is 11.1 Å². The number of benzene rings is 3. The minimum atomic E-state index is -0.901. The summed E-state index contributed by atoms with van der Waals surface area (Å²) in [5.74, 6) is 0.341. The average molecular weight is 451 g/mol. The lowest BCUT2D eigenvalue weighted by molar-refractivity contribution is -0.00447. The quantitative estimate of drug-likeness (QED) is 0.435. The Kier molecular flexibility index (Phi) is 4.99. The third kappa shape index (κ3) is 3.60. The van der Waals surface area contributed by atoms with Crippen LogP contribution in [0.5, 0.6) is 5.75 Å². The summed E-state index contributed by atoms with van der Waals surface area (Å²) < 4.78 is 6.16. The van der Waals surface area contributed by atoms with Crippen molar-refractivity contribution in [1.82, 2.24) is 5.01 Å². The summed E-state index contributed by atoms with van der Waals surface area (Å²) in [7, 11) is 0. The first-order valence-electron chi connectivity index (χ1n) is 10.1. The third-order valence-corrected chi connectivity index (χ3v) is 6.25. The van der Waals surface area contributed by atoms with E-state index >= 15 is 0 Å². The van der Waals surface area contributed by atoms with Gasteiger partial charge in [-0.3, -0.25) is 4.79 Å². The number of aryl methyl sites for hydroxylation is 2. The number of hydrazone groups is 1. The predicted molar refractivity (Wildman–Crippen MR) is 123 cm³/mol. The Balaban J connectivity index is 1.59. The number of carbonyl (C=O) groups excluding carboxylic acids is 1. The highest BCUT2D eigenvalue weighted by molar-refractivity contribution is 6.35. The molecule has 4 nitrogen and oxygen atoms in total. The molecule has 5 rings (SSSR count). The van der Waals surface area contributed by atoms with Gasteiger partial charge in [-0.1, -0.05) is 82.9 Å². The summed E-state index contributed by atoms with van der Waals surface area (Å²) in [5.41, 5.74) is 5.61. The Bertz CT molecular complexity index is 1200. The van der Waals surface area contributed by atoms with Crippen LogP contribution >= 0.6 is 23.2 Å². The average Bonchev–Trinajstić information content (AvgIpc) is 3.19. The SMILES string of the molecule is Cc1ccc(C(=O)[C@@H]2Oc3c(Cl)cc(Cl)cc3[C@H]3CC(c4ccc(C)cc4)=NN32)cc1. The molecule has 0 N–H and O–H groups in total. The molecule has 6 heteroatoms. The summed E-state index contributed by atoms with van der Waals surface area (Å²) in [6.45, 7) is 4.04. The molecule has 3 aromatic carbocycles. The Morgan fingerprint density at radius 2 is 1.65 bits per heavy atom. The molecule has 0 spiro atoms. The number of rotatable bonds is 3. The van der Waals surface area contributed by atoms with Gasteiger partial charge in [0, 0.05) is 22.6 Å². The van der Waals surface area contributed by atoms with E-state index < -0.39 is 6.23 Å². The van der Waals surface area contributed by atoms with Crippen molar-refractivity contribution in [3.05, 3.63) is 98.5 Å². The monoisotopic (exact) mass is 450 g/mol. The number of Topliss-reactive ketones (excluding diaryl/α,β-unsaturated/α-hetero) is 1. The molecule has 2 atom stereocenters. The number of halogens is 2. The molecule has 0 fully saturated rings. The first-order chi connectivity index (χ1) is 14.9. The first-order valence-corrected chi connectivity index (χ1v) is 10.9. The zero-order valence-corrected chi connectivity index (χ0v) is 18.6. The van der Waals surface area contributed by atoms with Crippen LogP contribution < -0.4 is 4.74 Å². The van der Waals surface area contributed by atoms with E-state index in [-0.39, 0.29) is 11.8 Å². The number of carbonyl (C=O) groups is 1. The highest BCUT2D eigenvalue weighted by Crippen LogP contribution is 2.47. The summed E-state index contributed by atoms with van der Waals surface area (Å²) in [6, 6.07) is 19.0. The molecule has 0 amide bonds. The molecular weight excluding hydrogens is 431 g/mol. The van der Waals surface area contributed by atoms with Crippen molar-refractivity contribution in [2.45, 2.75) is 32.5 Å². The second-order valence-electron chi connectivity index (χ2n) is 8.02. The normalized spacial score (nSPS) is 19.4. The van der Waals surface area contributed by atoms with Gasteiger partial charge in [0.2, 0.25) is 5.78 Å². The molecule has 0 bridgehead atoms. The van der Waals surface area contributed by atoms with Crippen LogP contribution in [0.15, 0.2) is 65.8 Å². The maximum absolute atomic E-state index is 13.4. The third-order valence-electron chi connectivity index (χ3n) is 5.75. The van der Waals surface area contributed by atoms with Crippen molar-refractivity contribution in [1.29, 1.82) is 0 Å². The Labute approximate surface area is 191 Å². The molecule has 0 aliphatic carbocycles. The van der Waals surface area contributed by atoms with Crippen molar-refractivity contribution >= 4 is 34.7 Å². The molecule has 0 saturated heterocycles. The van der Waals surface area contributed by atoms with Crippen molar-refractivity contribution in [3.8, 4) is 5.75 Å². The van der Waals surface area contributed by atoms with Gasteiger partial charge in [-0.15, -0.1) is 0 Å². The molecule has 31 heavy (non-hydrogen) atoms. The van der Waals surface area contributed by atoms with E-state index in [1.807, 2.05) is 44.2 Å². The van der Waals surface area contributed by atoms with Crippen LogP contribution in [0.4, 0.5) is 0 Å². The summed E-state index contributed by atoms with van der Waals surface area (Å²) >= 11 is 12.8. The molecule has 2 aliphatic rings. The zero-order valence-electron chi connectivity index (χ0n) is 17.1. The largest absolute Gasteiger partial charge is 0.459 e. The van der Waals surface area contributed by atoms with Crippen LogP contribution in [-0.2, 0) is 0 Å². The standard InChI is InChI=1S/C25H20Cl2N2O2/c1-14-3-7-16(8-4-14)21-13-22-19-11-18(26)12-20(27)24(19)31-25(29(22)28-21)23(30)17-9-5-15(2)6-10-17/h3-12,22,25H,13H2,1-2H3/t22-,25+/m1/s1. The molecule has 0 unspecified atom stereocenters. The molecule has 0 radical (unpaired) electrons. The van der Waals surface area contributed by atoms with Crippen LogP contribution in [0.2, 0.25) is 10.0 Å². The Morgan fingerprint density at radius 3 is 2.32 bits per heavy atom. The lowest BCUT2D eigenvalue weighted by Crippen LogP contribution is -2.46. The topological polar surface area (TPSA) is 41.9 Å². The van der Waals surface area contributed by atoms with Crippen LogP contribution in [0.3, 0.4) is 0 Å². The fourth-order valence-electron chi connectivity index (χ4n) is 4.07. The van der Waals surface area contributed by atoms with Crippen molar-refractivity contribution in [3.63, 3.8) is 0 Å². The van der Waals surface area contributed by atoms with E-state index in [0.717, 1.165) is 22.4 Å². The molecule has 3 aromatic rings. The van der Waals surface area contributed by atoms with E-state index in [0.29, 0.717) is 27.8 Å². The van der Waals surface area contributed by atoms with E-state index in [4.69, 9.17) is 33.0 Å². The predicted octanol–water partition coefficient (Wildman–Crippen LogP) is 6.36. The smallest absolute Gasteiger partial charge is 0.251 e. The van der Waals surface area contributed by atoms with Crippen LogP contribution in [0.1, 0.15) is 45.1 Å². The fourth-order valence-corrected chi connectivity index (χ4v) is 4.62. The number of ketones is 1. The van der Waals surface area contributed by atoms with Crippen molar-refractivity contribution in [2.75, 3.05) is 0 Å². The molecule has 0 aromatic heterocycles. The minimum Gasteiger partial charge on any atom is -0.459 e. The maximum Gasteiger partial charge on any atom is 0.251 e. The molecule has 156 valence electrons.